The fourth-order valence-corrected chi connectivity index (χ4v) is 2.70. The molecule has 0 atom stereocenters. The lowest BCUT2D eigenvalue weighted by molar-refractivity contribution is 0.00578. The van der Waals surface area contributed by atoms with Crippen molar-refractivity contribution in [3.8, 4) is 0 Å². The van der Waals surface area contributed by atoms with E-state index in [9.17, 15) is 0 Å². The van der Waals surface area contributed by atoms with E-state index in [1.165, 1.54) is 5.56 Å². The Labute approximate surface area is 145 Å². The summed E-state index contributed by atoms with van der Waals surface area (Å²) in [7, 11) is -0.355. The third-order valence-electron chi connectivity index (χ3n) is 4.69. The highest BCUT2D eigenvalue weighted by Gasteiger charge is 2.52. The molecule has 5 heteroatoms. The molecule has 23 heavy (non-hydrogen) atoms. The predicted molar refractivity (Wildman–Crippen MR) is 99.8 cm³/mol. The summed E-state index contributed by atoms with van der Waals surface area (Å²) >= 11 is 4.44. The van der Waals surface area contributed by atoms with E-state index in [0.717, 1.165) is 23.9 Å². The minimum atomic E-state index is -0.355. The average Bonchev–Trinajstić information content (AvgIpc) is 2.72. The third-order valence-corrected chi connectivity index (χ3v) is 5.06. The number of thiol groups is 1. The molecule has 0 spiro atoms. The molecule has 1 aromatic rings. The first-order chi connectivity index (χ1) is 10.8. The molecule has 0 radical (unpaired) electrons. The Balaban J connectivity index is 2.13. The largest absolute Gasteiger partial charge is 0.491 e. The monoisotopic (exact) mass is 334 g/mol. The van der Waals surface area contributed by atoms with E-state index in [1.54, 1.807) is 0 Å². The molecule has 0 saturated carbocycles. The molecule has 1 fully saturated rings. The van der Waals surface area contributed by atoms with Gasteiger partial charge in [-0.2, -0.15) is 12.6 Å². The van der Waals surface area contributed by atoms with Crippen LogP contribution in [0.5, 0.6) is 0 Å². The Bertz CT molecular complexity index is 536. The van der Waals surface area contributed by atoms with Crippen LogP contribution in [0.2, 0.25) is 0 Å². The van der Waals surface area contributed by atoms with E-state index >= 15 is 0 Å². The zero-order chi connectivity index (χ0) is 17.1. The zero-order valence-electron chi connectivity index (χ0n) is 14.5. The number of aliphatic hydroxyl groups excluding tert-OH is 1. The Morgan fingerprint density at radius 1 is 1.13 bits per heavy atom. The molecule has 2 rings (SSSR count). The summed E-state index contributed by atoms with van der Waals surface area (Å²) in [5, 5.41) is 8.89. The van der Waals surface area contributed by atoms with Gasteiger partial charge in [0, 0.05) is 12.4 Å². The highest BCUT2D eigenvalue weighted by molar-refractivity contribution is 7.80. The van der Waals surface area contributed by atoms with Crippen molar-refractivity contribution in [3.05, 3.63) is 40.9 Å². The molecule has 0 amide bonds. The molecule has 1 aliphatic heterocycles. The van der Waals surface area contributed by atoms with Crippen molar-refractivity contribution in [1.82, 2.24) is 0 Å². The van der Waals surface area contributed by atoms with Gasteiger partial charge in [-0.15, -0.1) is 0 Å². The van der Waals surface area contributed by atoms with Crippen molar-refractivity contribution in [2.75, 3.05) is 12.4 Å². The Kier molecular flexibility index (Phi) is 6.01. The second kappa shape index (κ2) is 7.43. The van der Waals surface area contributed by atoms with Crippen LogP contribution >= 0.6 is 12.6 Å². The normalized spacial score (nSPS) is 20.1. The van der Waals surface area contributed by atoms with Crippen LogP contribution in [0.1, 0.15) is 45.2 Å². The van der Waals surface area contributed by atoms with E-state index in [0.29, 0.717) is 5.75 Å². The van der Waals surface area contributed by atoms with Crippen molar-refractivity contribution in [3.63, 3.8) is 0 Å². The van der Waals surface area contributed by atoms with Gasteiger partial charge in [0.2, 0.25) is 0 Å². The Hall–Kier alpha value is -0.745. The molecule has 3 nitrogen and oxygen atoms in total. The van der Waals surface area contributed by atoms with Crippen molar-refractivity contribution in [2.24, 2.45) is 0 Å². The summed E-state index contributed by atoms with van der Waals surface area (Å²) in [5.74, 6) is 0.586. The number of aliphatic hydroxyl groups is 1. The first kappa shape index (κ1) is 18.6. The molecule has 1 aromatic carbocycles. The Morgan fingerprint density at radius 3 is 2.17 bits per heavy atom. The third kappa shape index (κ3) is 4.41. The maximum atomic E-state index is 8.89. The van der Waals surface area contributed by atoms with Crippen LogP contribution in [0.4, 0.5) is 0 Å². The van der Waals surface area contributed by atoms with Gasteiger partial charge in [0.1, 0.15) is 0 Å². The molecule has 126 valence electrons. The van der Waals surface area contributed by atoms with Crippen LogP contribution in [0, 0.1) is 0 Å². The van der Waals surface area contributed by atoms with Gasteiger partial charge in [-0.3, -0.25) is 0 Å². The standard InChI is InChI=1S/C18H27BO3S/c1-17(2)18(3,4)22-19(21-17)16(13-23)12-15-9-7-14(8-10-15)6-5-11-20/h7-10,12,20,23H,5-6,11,13H2,1-4H3. The lowest BCUT2D eigenvalue weighted by atomic mass is 9.78. The first-order valence-corrected chi connectivity index (χ1v) is 8.79. The van der Waals surface area contributed by atoms with E-state index in [2.05, 4.69) is 70.7 Å². The lowest BCUT2D eigenvalue weighted by Crippen LogP contribution is -2.41. The van der Waals surface area contributed by atoms with Gasteiger partial charge >= 0.3 is 7.12 Å². The molecule has 0 aromatic heterocycles. The van der Waals surface area contributed by atoms with Crippen molar-refractivity contribution < 1.29 is 14.4 Å². The summed E-state index contributed by atoms with van der Waals surface area (Å²) in [4.78, 5) is 0. The van der Waals surface area contributed by atoms with Gasteiger partial charge in [0.05, 0.1) is 11.2 Å². The van der Waals surface area contributed by atoms with Gasteiger partial charge in [0.25, 0.3) is 0 Å². The highest BCUT2D eigenvalue weighted by Crippen LogP contribution is 2.39. The number of hydrogen-bond acceptors (Lipinski definition) is 4. The molecular formula is C18H27BO3S. The smallest absolute Gasteiger partial charge is 0.400 e. The summed E-state index contributed by atoms with van der Waals surface area (Å²) in [6, 6.07) is 8.37. The number of rotatable bonds is 6. The quantitative estimate of drug-likeness (QED) is 0.617. The lowest BCUT2D eigenvalue weighted by Gasteiger charge is -2.32. The average molecular weight is 334 g/mol. The first-order valence-electron chi connectivity index (χ1n) is 8.16. The molecular weight excluding hydrogens is 307 g/mol. The summed E-state index contributed by atoms with van der Waals surface area (Å²) < 4.78 is 12.2. The van der Waals surface area contributed by atoms with Gasteiger partial charge in [-0.1, -0.05) is 30.3 Å². The molecule has 0 bridgehead atoms. The molecule has 0 aliphatic carbocycles. The van der Waals surface area contributed by atoms with E-state index in [1.807, 2.05) is 0 Å². The van der Waals surface area contributed by atoms with E-state index in [4.69, 9.17) is 14.4 Å². The number of aryl methyl sites for hydroxylation is 1. The second-order valence-electron chi connectivity index (χ2n) is 7.03. The SMILES string of the molecule is CC1(C)OB(C(=Cc2ccc(CCCO)cc2)CS)OC1(C)C. The van der Waals surface area contributed by atoms with Crippen LogP contribution in [-0.2, 0) is 15.7 Å². The van der Waals surface area contributed by atoms with Gasteiger partial charge < -0.3 is 14.4 Å². The maximum Gasteiger partial charge on any atom is 0.491 e. The fourth-order valence-electron chi connectivity index (χ4n) is 2.46. The topological polar surface area (TPSA) is 38.7 Å². The van der Waals surface area contributed by atoms with Crippen molar-refractivity contribution in [1.29, 1.82) is 0 Å². The van der Waals surface area contributed by atoms with Crippen LogP contribution in [0.3, 0.4) is 0 Å². The van der Waals surface area contributed by atoms with Gasteiger partial charge in [-0.25, -0.2) is 0 Å². The fraction of sp³-hybridized carbons (Fsp3) is 0.556. The highest BCUT2D eigenvalue weighted by atomic mass is 32.1. The van der Waals surface area contributed by atoms with Crippen molar-refractivity contribution in [2.45, 2.75) is 51.7 Å². The Morgan fingerprint density at radius 2 is 1.70 bits per heavy atom. The zero-order valence-corrected chi connectivity index (χ0v) is 15.4. The minimum Gasteiger partial charge on any atom is -0.400 e. The molecule has 1 N–H and O–H groups in total. The number of hydrogen-bond donors (Lipinski definition) is 2. The van der Waals surface area contributed by atoms with Crippen LogP contribution < -0.4 is 0 Å². The maximum absolute atomic E-state index is 8.89. The van der Waals surface area contributed by atoms with E-state index < -0.39 is 0 Å². The molecule has 1 heterocycles. The summed E-state index contributed by atoms with van der Waals surface area (Å²) in [6.07, 6.45) is 3.78. The minimum absolute atomic E-state index is 0.230. The summed E-state index contributed by atoms with van der Waals surface area (Å²) in [6.45, 7) is 8.45. The van der Waals surface area contributed by atoms with Gasteiger partial charge in [0.15, 0.2) is 0 Å². The van der Waals surface area contributed by atoms with E-state index in [-0.39, 0.29) is 24.9 Å². The van der Waals surface area contributed by atoms with Gasteiger partial charge in [-0.05, 0) is 57.1 Å². The van der Waals surface area contributed by atoms with Crippen LogP contribution in [0.25, 0.3) is 6.08 Å². The molecule has 0 unspecified atom stereocenters. The van der Waals surface area contributed by atoms with Crippen molar-refractivity contribution >= 4 is 25.8 Å². The predicted octanol–water partition coefficient (Wildman–Crippen LogP) is 3.56. The number of benzene rings is 1. The summed E-state index contributed by atoms with van der Waals surface area (Å²) in [5.41, 5.74) is 2.69. The van der Waals surface area contributed by atoms with Crippen LogP contribution in [-0.4, -0.2) is 35.8 Å². The molecule has 1 aliphatic rings. The van der Waals surface area contributed by atoms with Crippen LogP contribution in [0.15, 0.2) is 29.7 Å². The molecule has 1 saturated heterocycles. The second-order valence-corrected chi connectivity index (χ2v) is 7.35.